The normalized spacial score (nSPS) is 13.1. The van der Waals surface area contributed by atoms with E-state index in [0.717, 1.165) is 24.3 Å². The Bertz CT molecular complexity index is 265. The predicted octanol–water partition coefficient (Wildman–Crippen LogP) is 1.18. The van der Waals surface area contributed by atoms with Gasteiger partial charge in [0, 0.05) is 6.54 Å². The van der Waals surface area contributed by atoms with Gasteiger partial charge in [0.05, 0.1) is 6.20 Å². The summed E-state index contributed by atoms with van der Waals surface area (Å²) in [6, 6.07) is 1.75. The van der Waals surface area contributed by atoms with Gasteiger partial charge in [-0.1, -0.05) is 0 Å². The molecule has 3 nitrogen and oxygen atoms in total. The monoisotopic (exact) mass is 172 g/mol. The van der Waals surface area contributed by atoms with Crippen LogP contribution in [0.1, 0.15) is 5.56 Å². The van der Waals surface area contributed by atoms with Crippen LogP contribution >= 0.6 is 12.4 Å². The number of rotatable bonds is 0. The van der Waals surface area contributed by atoms with Crippen LogP contribution in [0.15, 0.2) is 12.3 Å². The molecule has 0 aromatic carbocycles. The summed E-state index contributed by atoms with van der Waals surface area (Å²) in [6.07, 6.45) is 2.42. The molecule has 0 saturated heterocycles. The maximum atomic E-state index is 9.01. The molecule has 0 unspecified atom stereocenters. The molecule has 60 valence electrons. The maximum Gasteiger partial charge on any atom is 0.134 e. The summed E-state index contributed by atoms with van der Waals surface area (Å²) in [5.41, 5.74) is 1.11. The third-order valence-electron chi connectivity index (χ3n) is 1.64. The van der Waals surface area contributed by atoms with Crippen molar-refractivity contribution in [2.75, 3.05) is 11.9 Å². The van der Waals surface area contributed by atoms with Crippen molar-refractivity contribution in [3.8, 4) is 5.75 Å². The summed E-state index contributed by atoms with van der Waals surface area (Å²) >= 11 is 0. The van der Waals surface area contributed by atoms with Crippen LogP contribution < -0.4 is 5.32 Å². The Balaban J connectivity index is 0.000000605. The van der Waals surface area contributed by atoms with E-state index in [1.807, 2.05) is 0 Å². The second kappa shape index (κ2) is 2.96. The van der Waals surface area contributed by atoms with Gasteiger partial charge in [0.25, 0.3) is 0 Å². The van der Waals surface area contributed by atoms with Crippen LogP contribution in [0.5, 0.6) is 5.75 Å². The molecule has 0 bridgehead atoms. The molecule has 1 aliphatic heterocycles. The molecule has 0 fully saturated rings. The van der Waals surface area contributed by atoms with Crippen molar-refractivity contribution in [1.29, 1.82) is 0 Å². The number of pyridine rings is 1. The highest BCUT2D eigenvalue weighted by molar-refractivity contribution is 5.85. The van der Waals surface area contributed by atoms with Crippen LogP contribution in [0.3, 0.4) is 0 Å². The number of hydrogen-bond acceptors (Lipinski definition) is 3. The lowest BCUT2D eigenvalue weighted by Crippen LogP contribution is -1.92. The van der Waals surface area contributed by atoms with Gasteiger partial charge in [-0.2, -0.15) is 0 Å². The van der Waals surface area contributed by atoms with Crippen LogP contribution in [0, 0.1) is 0 Å². The molecule has 0 aliphatic carbocycles. The molecule has 0 saturated carbocycles. The minimum absolute atomic E-state index is 0. The summed E-state index contributed by atoms with van der Waals surface area (Å²) in [4.78, 5) is 4.00. The minimum Gasteiger partial charge on any atom is -0.506 e. The molecule has 0 spiro atoms. The number of nitrogens with one attached hydrogen (secondary N) is 1. The summed E-state index contributed by atoms with van der Waals surface area (Å²) in [7, 11) is 0. The number of aromatic nitrogens is 1. The zero-order chi connectivity index (χ0) is 6.97. The minimum atomic E-state index is 0. The second-order valence-corrected chi connectivity index (χ2v) is 2.38. The summed E-state index contributed by atoms with van der Waals surface area (Å²) < 4.78 is 0. The Labute approximate surface area is 70.9 Å². The molecular formula is C7H9ClN2O. The number of anilines is 1. The molecule has 2 heterocycles. The zero-order valence-corrected chi connectivity index (χ0v) is 6.69. The molecule has 1 aromatic rings. The molecule has 1 aliphatic rings. The van der Waals surface area contributed by atoms with Crippen LogP contribution in [0.25, 0.3) is 0 Å². The highest BCUT2D eigenvalue weighted by Crippen LogP contribution is 2.22. The van der Waals surface area contributed by atoms with E-state index < -0.39 is 0 Å². The number of nitrogens with zero attached hydrogens (tertiary/aromatic N) is 1. The summed E-state index contributed by atoms with van der Waals surface area (Å²) in [6.45, 7) is 0.936. The molecule has 0 atom stereocenters. The van der Waals surface area contributed by atoms with Crippen molar-refractivity contribution in [2.45, 2.75) is 6.42 Å². The fraction of sp³-hybridized carbons (Fsp3) is 0.286. The topological polar surface area (TPSA) is 45.2 Å². The van der Waals surface area contributed by atoms with Crippen molar-refractivity contribution < 1.29 is 5.11 Å². The fourth-order valence-electron chi connectivity index (χ4n) is 1.16. The number of aromatic hydroxyl groups is 1. The number of hydrogen-bond donors (Lipinski definition) is 2. The lowest BCUT2D eigenvalue weighted by molar-refractivity contribution is 0.472. The highest BCUT2D eigenvalue weighted by Gasteiger charge is 2.10. The quantitative estimate of drug-likeness (QED) is 0.618. The van der Waals surface area contributed by atoms with Gasteiger partial charge in [-0.25, -0.2) is 4.98 Å². The van der Waals surface area contributed by atoms with Crippen molar-refractivity contribution in [3.05, 3.63) is 17.8 Å². The Kier molecular flexibility index (Phi) is 2.19. The average Bonchev–Trinajstić information content (AvgIpc) is 2.33. The zero-order valence-electron chi connectivity index (χ0n) is 5.87. The first-order valence-electron chi connectivity index (χ1n) is 3.28. The van der Waals surface area contributed by atoms with Gasteiger partial charge in [0.2, 0.25) is 0 Å². The molecule has 0 amide bonds. The Hall–Kier alpha value is -0.960. The molecule has 11 heavy (non-hydrogen) atoms. The van der Waals surface area contributed by atoms with E-state index in [1.54, 1.807) is 6.07 Å². The predicted molar refractivity (Wildman–Crippen MR) is 45.3 cm³/mol. The highest BCUT2D eigenvalue weighted by atomic mass is 35.5. The second-order valence-electron chi connectivity index (χ2n) is 2.38. The van der Waals surface area contributed by atoms with Gasteiger partial charge in [0.1, 0.15) is 11.6 Å². The van der Waals surface area contributed by atoms with Crippen LogP contribution in [-0.4, -0.2) is 16.6 Å². The summed E-state index contributed by atoms with van der Waals surface area (Å²) in [5, 5.41) is 12.1. The van der Waals surface area contributed by atoms with Gasteiger partial charge in [-0.15, -0.1) is 12.4 Å². The molecule has 1 aromatic heterocycles. The number of halogens is 1. The Morgan fingerprint density at radius 3 is 3.18 bits per heavy atom. The summed E-state index contributed by atoms with van der Waals surface area (Å²) in [5.74, 6) is 1.17. The first-order chi connectivity index (χ1) is 4.86. The van der Waals surface area contributed by atoms with E-state index >= 15 is 0 Å². The number of fused-ring (bicyclic) bond motifs is 1. The standard InChI is InChI=1S/C7H8N2O.ClH/c10-6-3-5-1-2-8-7(5)9-4-6;/h3-4,10H,1-2H2,(H,8,9);1H. The van der Waals surface area contributed by atoms with Gasteiger partial charge < -0.3 is 10.4 Å². The molecule has 2 N–H and O–H groups in total. The Morgan fingerprint density at radius 2 is 2.36 bits per heavy atom. The van der Waals surface area contributed by atoms with E-state index in [0.29, 0.717) is 0 Å². The van der Waals surface area contributed by atoms with Crippen LogP contribution in [0.4, 0.5) is 5.82 Å². The van der Waals surface area contributed by atoms with Gasteiger partial charge in [-0.3, -0.25) is 0 Å². The van der Waals surface area contributed by atoms with Crippen molar-refractivity contribution in [2.24, 2.45) is 0 Å². The fourth-order valence-corrected chi connectivity index (χ4v) is 1.16. The molecule has 4 heteroatoms. The van der Waals surface area contributed by atoms with Crippen molar-refractivity contribution in [3.63, 3.8) is 0 Å². The molecule has 0 radical (unpaired) electrons. The van der Waals surface area contributed by atoms with Gasteiger partial charge >= 0.3 is 0 Å². The lowest BCUT2D eigenvalue weighted by Gasteiger charge is -1.96. The van der Waals surface area contributed by atoms with Crippen molar-refractivity contribution in [1.82, 2.24) is 4.98 Å². The van der Waals surface area contributed by atoms with E-state index in [1.165, 1.54) is 6.20 Å². The maximum absolute atomic E-state index is 9.01. The first-order valence-corrected chi connectivity index (χ1v) is 3.28. The smallest absolute Gasteiger partial charge is 0.134 e. The largest absolute Gasteiger partial charge is 0.506 e. The first kappa shape index (κ1) is 8.14. The molecular weight excluding hydrogens is 164 g/mol. The Morgan fingerprint density at radius 1 is 1.55 bits per heavy atom. The van der Waals surface area contributed by atoms with Crippen LogP contribution in [-0.2, 0) is 6.42 Å². The molecule has 2 rings (SSSR count). The third-order valence-corrected chi connectivity index (χ3v) is 1.64. The van der Waals surface area contributed by atoms with E-state index in [4.69, 9.17) is 5.11 Å². The van der Waals surface area contributed by atoms with Crippen molar-refractivity contribution >= 4 is 18.2 Å². The van der Waals surface area contributed by atoms with Gasteiger partial charge in [-0.05, 0) is 18.1 Å². The van der Waals surface area contributed by atoms with E-state index in [2.05, 4.69) is 10.3 Å². The SMILES string of the molecule is Cl.Oc1cnc2c(c1)CCN2. The van der Waals surface area contributed by atoms with Gasteiger partial charge in [0.15, 0.2) is 0 Å². The average molecular weight is 173 g/mol. The third kappa shape index (κ3) is 1.38. The lowest BCUT2D eigenvalue weighted by atomic mass is 10.2. The van der Waals surface area contributed by atoms with E-state index in [-0.39, 0.29) is 18.2 Å². The van der Waals surface area contributed by atoms with E-state index in [9.17, 15) is 0 Å². The van der Waals surface area contributed by atoms with Crippen LogP contribution in [0.2, 0.25) is 0 Å².